The lowest BCUT2D eigenvalue weighted by Crippen LogP contribution is -2.16. The quantitative estimate of drug-likeness (QED) is 0.735. The molecule has 3 atom stereocenters. The second kappa shape index (κ2) is 5.34. The highest BCUT2D eigenvalue weighted by Crippen LogP contribution is 2.40. The van der Waals surface area contributed by atoms with Crippen molar-refractivity contribution in [1.29, 1.82) is 0 Å². The van der Waals surface area contributed by atoms with Crippen LogP contribution in [0.5, 0.6) is 0 Å². The van der Waals surface area contributed by atoms with Gasteiger partial charge in [-0.25, -0.2) is 0 Å². The van der Waals surface area contributed by atoms with E-state index in [1.54, 1.807) is 11.1 Å². The van der Waals surface area contributed by atoms with E-state index in [1.165, 1.54) is 37.7 Å². The lowest BCUT2D eigenvalue weighted by atomic mass is 9.87. The molecule has 0 amide bonds. The molecule has 98 valence electrons. The number of alkyl halides is 1. The zero-order chi connectivity index (χ0) is 12.5. The fourth-order valence-corrected chi connectivity index (χ4v) is 4.28. The van der Waals surface area contributed by atoms with Gasteiger partial charge in [0.25, 0.3) is 0 Å². The summed E-state index contributed by atoms with van der Waals surface area (Å²) in [6, 6.07) is 7.09. The van der Waals surface area contributed by atoms with Crippen LogP contribution in [0.2, 0.25) is 0 Å². The van der Waals surface area contributed by atoms with Crippen LogP contribution < -0.4 is 0 Å². The number of halogens is 1. The largest absolute Gasteiger partial charge is 0.378 e. The third-order valence-electron chi connectivity index (χ3n) is 4.50. The first-order valence-corrected chi connectivity index (χ1v) is 8.04. The Morgan fingerprint density at radius 3 is 2.72 bits per heavy atom. The molecule has 0 spiro atoms. The average Bonchev–Trinajstić information content (AvgIpc) is 2.83. The number of fused-ring (bicyclic) bond motifs is 1. The highest BCUT2D eigenvalue weighted by atomic mass is 79.9. The van der Waals surface area contributed by atoms with Crippen LogP contribution in [0.1, 0.15) is 47.7 Å². The van der Waals surface area contributed by atoms with Gasteiger partial charge in [-0.1, -0.05) is 34.1 Å². The molecule has 1 aromatic carbocycles. The lowest BCUT2D eigenvalue weighted by molar-refractivity contribution is 0.105. The first-order chi connectivity index (χ1) is 8.75. The van der Waals surface area contributed by atoms with Crippen LogP contribution in [0.25, 0.3) is 0 Å². The van der Waals surface area contributed by atoms with Crippen LogP contribution in [0, 0.1) is 5.92 Å². The molecule has 1 heterocycles. The summed E-state index contributed by atoms with van der Waals surface area (Å²) in [4.78, 5) is 0.447. The van der Waals surface area contributed by atoms with Crippen LogP contribution >= 0.6 is 15.9 Å². The number of rotatable bonds is 2. The van der Waals surface area contributed by atoms with Gasteiger partial charge in [-0.3, -0.25) is 0 Å². The number of benzene rings is 1. The summed E-state index contributed by atoms with van der Waals surface area (Å²) in [5.41, 5.74) is 4.59. The van der Waals surface area contributed by atoms with Crippen molar-refractivity contribution in [1.82, 2.24) is 0 Å². The maximum Gasteiger partial charge on any atom is 0.0589 e. The van der Waals surface area contributed by atoms with E-state index < -0.39 is 0 Å². The summed E-state index contributed by atoms with van der Waals surface area (Å²) < 4.78 is 5.69. The Labute approximate surface area is 118 Å². The summed E-state index contributed by atoms with van der Waals surface area (Å²) in [6.45, 7) is 3.11. The minimum absolute atomic E-state index is 0.380. The maximum atomic E-state index is 5.69. The Morgan fingerprint density at radius 2 is 2.00 bits per heavy atom. The van der Waals surface area contributed by atoms with Crippen molar-refractivity contribution in [3.8, 4) is 0 Å². The Kier molecular flexibility index (Phi) is 3.76. The molecule has 1 fully saturated rings. The van der Waals surface area contributed by atoms with E-state index in [1.807, 2.05) is 0 Å². The van der Waals surface area contributed by atoms with Crippen molar-refractivity contribution in [3.63, 3.8) is 0 Å². The Bertz CT molecular complexity index is 429. The predicted octanol–water partition coefficient (Wildman–Crippen LogP) is 4.43. The summed E-state index contributed by atoms with van der Waals surface area (Å²) in [5.74, 6) is 0.617. The number of hydrogen-bond acceptors (Lipinski definition) is 1. The fraction of sp³-hybridized carbons (Fsp3) is 0.625. The van der Waals surface area contributed by atoms with Crippen molar-refractivity contribution in [2.75, 3.05) is 6.61 Å². The molecule has 3 unspecified atom stereocenters. The van der Waals surface area contributed by atoms with Gasteiger partial charge in [0, 0.05) is 17.4 Å². The van der Waals surface area contributed by atoms with Gasteiger partial charge in [-0.15, -0.1) is 0 Å². The lowest BCUT2D eigenvalue weighted by Gasteiger charge is -2.23. The van der Waals surface area contributed by atoms with Crippen LogP contribution in [0.3, 0.4) is 0 Å². The molecule has 18 heavy (non-hydrogen) atoms. The summed E-state index contributed by atoms with van der Waals surface area (Å²) in [6.07, 6.45) is 6.80. The molecule has 2 heteroatoms. The van der Waals surface area contributed by atoms with Crippen molar-refractivity contribution in [3.05, 3.63) is 34.9 Å². The van der Waals surface area contributed by atoms with Crippen molar-refractivity contribution >= 4 is 15.9 Å². The fourth-order valence-electron chi connectivity index (χ4n) is 3.30. The SMILES string of the molecule is CC1OCCC1C(Br)c1ccc2c(c1)CCCC2. The first-order valence-electron chi connectivity index (χ1n) is 7.13. The van der Waals surface area contributed by atoms with E-state index in [2.05, 4.69) is 41.1 Å². The number of aryl methyl sites for hydroxylation is 2. The Morgan fingerprint density at radius 1 is 1.22 bits per heavy atom. The van der Waals surface area contributed by atoms with Gasteiger partial charge in [0.05, 0.1) is 6.10 Å². The molecule has 0 bridgehead atoms. The zero-order valence-corrected chi connectivity index (χ0v) is 12.6. The molecule has 1 nitrogen and oxygen atoms in total. The minimum Gasteiger partial charge on any atom is -0.378 e. The highest BCUT2D eigenvalue weighted by molar-refractivity contribution is 9.09. The topological polar surface area (TPSA) is 9.23 Å². The number of ether oxygens (including phenoxy) is 1. The van der Waals surface area contributed by atoms with Crippen LogP contribution in [-0.2, 0) is 17.6 Å². The molecule has 3 rings (SSSR count). The summed E-state index contributed by atoms with van der Waals surface area (Å²) in [5, 5.41) is 0. The van der Waals surface area contributed by atoms with Gasteiger partial charge >= 0.3 is 0 Å². The first kappa shape index (κ1) is 12.7. The standard InChI is InChI=1S/C16H21BrO/c1-11-15(8-9-18-11)16(17)14-7-6-12-4-2-3-5-13(12)10-14/h6-7,10-11,15-16H,2-5,8-9H2,1H3. The summed E-state index contributed by atoms with van der Waals surface area (Å²) >= 11 is 3.90. The molecule has 1 aromatic rings. The van der Waals surface area contributed by atoms with E-state index in [-0.39, 0.29) is 0 Å². The van der Waals surface area contributed by atoms with Crippen molar-refractivity contribution in [2.24, 2.45) is 5.92 Å². The molecule has 0 radical (unpaired) electrons. The minimum atomic E-state index is 0.380. The zero-order valence-electron chi connectivity index (χ0n) is 11.0. The summed E-state index contributed by atoms with van der Waals surface area (Å²) in [7, 11) is 0. The van der Waals surface area contributed by atoms with Gasteiger partial charge in [0.15, 0.2) is 0 Å². The molecule has 1 aliphatic heterocycles. The van der Waals surface area contributed by atoms with Crippen molar-refractivity contribution in [2.45, 2.75) is 50.0 Å². The smallest absolute Gasteiger partial charge is 0.0589 e. The van der Waals surface area contributed by atoms with E-state index in [9.17, 15) is 0 Å². The van der Waals surface area contributed by atoms with Crippen LogP contribution in [0.15, 0.2) is 18.2 Å². The molecule has 1 saturated heterocycles. The molecule has 0 aromatic heterocycles. The molecule has 2 aliphatic rings. The molecular weight excluding hydrogens is 288 g/mol. The van der Waals surface area contributed by atoms with E-state index >= 15 is 0 Å². The highest BCUT2D eigenvalue weighted by Gasteiger charge is 2.31. The van der Waals surface area contributed by atoms with E-state index in [4.69, 9.17) is 4.74 Å². The molecule has 1 aliphatic carbocycles. The van der Waals surface area contributed by atoms with E-state index in [0.29, 0.717) is 16.8 Å². The number of hydrogen-bond donors (Lipinski definition) is 0. The van der Waals surface area contributed by atoms with Gasteiger partial charge in [-0.2, -0.15) is 0 Å². The third kappa shape index (κ3) is 2.37. The van der Waals surface area contributed by atoms with Gasteiger partial charge in [-0.05, 0) is 55.7 Å². The van der Waals surface area contributed by atoms with Gasteiger partial charge in [0.1, 0.15) is 0 Å². The Hall–Kier alpha value is -0.340. The monoisotopic (exact) mass is 308 g/mol. The van der Waals surface area contributed by atoms with Gasteiger partial charge < -0.3 is 4.74 Å². The molecule has 0 saturated carbocycles. The molecular formula is C16H21BrO. The normalized spacial score (nSPS) is 29.0. The van der Waals surface area contributed by atoms with E-state index in [0.717, 1.165) is 6.61 Å². The molecule has 0 N–H and O–H groups in total. The second-order valence-corrected chi connectivity index (χ2v) is 6.65. The maximum absolute atomic E-state index is 5.69. The second-order valence-electron chi connectivity index (χ2n) is 5.67. The van der Waals surface area contributed by atoms with Crippen LogP contribution in [-0.4, -0.2) is 12.7 Å². The predicted molar refractivity (Wildman–Crippen MR) is 78.3 cm³/mol. The van der Waals surface area contributed by atoms with Crippen molar-refractivity contribution < 1.29 is 4.74 Å². The third-order valence-corrected chi connectivity index (χ3v) is 5.71. The van der Waals surface area contributed by atoms with Crippen LogP contribution in [0.4, 0.5) is 0 Å². The van der Waals surface area contributed by atoms with Gasteiger partial charge in [0.2, 0.25) is 0 Å². The average molecular weight is 309 g/mol. The Balaban J connectivity index is 1.83.